The highest BCUT2D eigenvalue weighted by molar-refractivity contribution is 6.06. The Morgan fingerprint density at radius 2 is 1.56 bits per heavy atom. The maximum absolute atomic E-state index is 14.0. The summed E-state index contributed by atoms with van der Waals surface area (Å²) in [6.45, 7) is 0. The second kappa shape index (κ2) is 7.92. The van der Waals surface area contributed by atoms with Crippen LogP contribution < -0.4 is 10.6 Å². The highest BCUT2D eigenvalue weighted by Gasteiger charge is 2.65. The molecule has 5 rings (SSSR count). The number of carbonyl (C=O) groups is 2. The molecular formula is C27H19F2N3O2. The number of nitriles is 1. The van der Waals surface area contributed by atoms with Crippen molar-refractivity contribution in [2.75, 3.05) is 4.90 Å². The Bertz CT molecular complexity index is 1360. The molecule has 4 unspecified atom stereocenters. The second-order valence-electron chi connectivity index (χ2n) is 8.46. The van der Waals surface area contributed by atoms with Crippen LogP contribution in [-0.2, 0) is 4.79 Å². The van der Waals surface area contributed by atoms with Crippen LogP contribution in [0.15, 0.2) is 78.9 Å². The molecule has 0 aromatic heterocycles. The molecule has 3 aromatic carbocycles. The number of primary amides is 1. The molecule has 0 spiro atoms. The number of anilines is 1. The molecular weight excluding hydrogens is 436 g/mol. The van der Waals surface area contributed by atoms with Crippen LogP contribution >= 0.6 is 0 Å². The van der Waals surface area contributed by atoms with Crippen LogP contribution in [0.25, 0.3) is 6.08 Å². The molecule has 7 heteroatoms. The number of para-hydroxylation sites is 1. The lowest BCUT2D eigenvalue weighted by Gasteiger charge is -2.36. The first-order chi connectivity index (χ1) is 16.4. The zero-order valence-electron chi connectivity index (χ0n) is 17.9. The number of halogens is 2. The average Bonchev–Trinajstić information content (AvgIpc) is 3.16. The van der Waals surface area contributed by atoms with Gasteiger partial charge in [-0.15, -0.1) is 0 Å². The van der Waals surface area contributed by atoms with Gasteiger partial charge in [0.2, 0.25) is 5.91 Å². The maximum Gasteiger partial charge on any atom is 0.241 e. The van der Waals surface area contributed by atoms with Gasteiger partial charge in [-0.3, -0.25) is 9.59 Å². The summed E-state index contributed by atoms with van der Waals surface area (Å²) in [5.41, 5.74) is 6.21. The number of rotatable bonds is 4. The molecule has 2 N–H and O–H groups in total. The Morgan fingerprint density at radius 1 is 0.941 bits per heavy atom. The summed E-state index contributed by atoms with van der Waals surface area (Å²) in [6, 6.07) is 18.1. The van der Waals surface area contributed by atoms with Crippen molar-refractivity contribution in [3.8, 4) is 6.07 Å². The molecule has 3 aromatic rings. The average molecular weight is 455 g/mol. The van der Waals surface area contributed by atoms with E-state index in [1.54, 1.807) is 23.1 Å². The van der Waals surface area contributed by atoms with Gasteiger partial charge in [0.05, 0.1) is 12.1 Å². The van der Waals surface area contributed by atoms with E-state index in [2.05, 4.69) is 6.07 Å². The fourth-order valence-electron chi connectivity index (χ4n) is 5.26. The molecule has 4 atom stereocenters. The summed E-state index contributed by atoms with van der Waals surface area (Å²) < 4.78 is 27.4. The number of ketones is 1. The molecule has 2 aliphatic heterocycles. The molecule has 34 heavy (non-hydrogen) atoms. The zero-order chi connectivity index (χ0) is 24.0. The predicted molar refractivity (Wildman–Crippen MR) is 123 cm³/mol. The topological polar surface area (TPSA) is 87.2 Å². The van der Waals surface area contributed by atoms with Gasteiger partial charge in [0.1, 0.15) is 17.7 Å². The summed E-state index contributed by atoms with van der Waals surface area (Å²) in [7, 11) is 0. The van der Waals surface area contributed by atoms with E-state index in [0.717, 1.165) is 5.56 Å². The predicted octanol–water partition coefficient (Wildman–Crippen LogP) is 4.21. The number of hydrogen-bond acceptors (Lipinski definition) is 4. The van der Waals surface area contributed by atoms with Crippen LogP contribution in [0.5, 0.6) is 0 Å². The summed E-state index contributed by atoms with van der Waals surface area (Å²) in [6.07, 6.45) is 3.52. The number of fused-ring (bicyclic) bond motifs is 3. The molecule has 2 heterocycles. The van der Waals surface area contributed by atoms with Gasteiger partial charge in [-0.25, -0.2) is 8.78 Å². The Labute approximate surface area is 194 Å². The normalized spacial score (nSPS) is 24.7. The van der Waals surface area contributed by atoms with Crippen LogP contribution in [0, 0.1) is 28.4 Å². The van der Waals surface area contributed by atoms with E-state index < -0.39 is 46.7 Å². The largest absolute Gasteiger partial charge is 0.368 e. The minimum absolute atomic E-state index is 0.225. The van der Waals surface area contributed by atoms with Crippen molar-refractivity contribution < 1.29 is 18.4 Å². The van der Waals surface area contributed by atoms with E-state index in [0.29, 0.717) is 11.3 Å². The van der Waals surface area contributed by atoms with Gasteiger partial charge in [-0.2, -0.15) is 5.26 Å². The molecule has 1 saturated heterocycles. The highest BCUT2D eigenvalue weighted by atomic mass is 19.1. The molecule has 0 aliphatic carbocycles. The lowest BCUT2D eigenvalue weighted by molar-refractivity contribution is -0.125. The monoisotopic (exact) mass is 455 g/mol. The van der Waals surface area contributed by atoms with Crippen molar-refractivity contribution in [2.45, 2.75) is 18.0 Å². The fourth-order valence-corrected chi connectivity index (χ4v) is 5.26. The summed E-state index contributed by atoms with van der Waals surface area (Å²) in [5.74, 6) is -3.27. The molecule has 5 nitrogen and oxygen atoms in total. The molecule has 1 fully saturated rings. The number of hydrogen-bond donors (Lipinski definition) is 1. The van der Waals surface area contributed by atoms with Crippen LogP contribution in [0.3, 0.4) is 0 Å². The third kappa shape index (κ3) is 3.03. The van der Waals surface area contributed by atoms with Crippen molar-refractivity contribution in [1.82, 2.24) is 0 Å². The van der Waals surface area contributed by atoms with Crippen molar-refractivity contribution in [1.29, 1.82) is 5.26 Å². The van der Waals surface area contributed by atoms with Crippen molar-refractivity contribution in [3.05, 3.63) is 107 Å². The van der Waals surface area contributed by atoms with Gasteiger partial charge in [-0.1, -0.05) is 42.5 Å². The van der Waals surface area contributed by atoms with Gasteiger partial charge in [0.15, 0.2) is 11.2 Å². The lowest BCUT2D eigenvalue weighted by Crippen LogP contribution is -2.49. The van der Waals surface area contributed by atoms with Gasteiger partial charge < -0.3 is 10.6 Å². The van der Waals surface area contributed by atoms with Crippen LogP contribution in [0.2, 0.25) is 0 Å². The summed E-state index contributed by atoms with van der Waals surface area (Å²) in [4.78, 5) is 28.8. The number of nitrogens with two attached hydrogens (primary N) is 1. The second-order valence-corrected chi connectivity index (χ2v) is 8.46. The number of benzene rings is 3. The van der Waals surface area contributed by atoms with E-state index in [-0.39, 0.29) is 5.56 Å². The minimum Gasteiger partial charge on any atom is -0.368 e. The van der Waals surface area contributed by atoms with Crippen molar-refractivity contribution in [3.63, 3.8) is 0 Å². The Kier molecular flexibility index (Phi) is 5.02. The first-order valence-electron chi connectivity index (χ1n) is 10.7. The number of Topliss-reactive ketones (excluding diaryl/α,β-unsaturated/α-hetero) is 1. The SMILES string of the molecule is N#CC1(C(N)=O)C(c2ccc(F)cc2)C(C(=O)c2ccc(F)cc2)N2c3ccccc3C=CC21. The molecule has 1 amide bonds. The number of carbonyl (C=O) groups excluding carboxylic acids is 2. The van der Waals surface area contributed by atoms with E-state index in [9.17, 15) is 23.6 Å². The van der Waals surface area contributed by atoms with E-state index in [1.807, 2.05) is 18.2 Å². The van der Waals surface area contributed by atoms with Crippen molar-refractivity contribution >= 4 is 23.5 Å². The Hall–Kier alpha value is -4.31. The molecule has 2 aliphatic rings. The summed E-state index contributed by atoms with van der Waals surface area (Å²) >= 11 is 0. The Balaban J connectivity index is 1.80. The standard InChI is InChI=1S/C27H19F2N3O2/c28-19-10-5-17(6-11-19)23-24(25(33)18-7-12-20(29)13-8-18)32-21-4-2-1-3-16(21)9-14-22(32)27(23,15-30)26(31)34/h1-14,22-24H,(H2,31,34). The number of nitrogens with zero attached hydrogens (tertiary/aromatic N) is 2. The minimum atomic E-state index is -1.82. The maximum atomic E-state index is 14.0. The van der Waals surface area contributed by atoms with E-state index in [4.69, 9.17) is 5.73 Å². The first kappa shape index (κ1) is 21.5. The first-order valence-corrected chi connectivity index (χ1v) is 10.7. The quantitative estimate of drug-likeness (QED) is 0.597. The van der Waals surface area contributed by atoms with Crippen LogP contribution in [0.1, 0.15) is 27.4 Å². The highest BCUT2D eigenvalue weighted by Crippen LogP contribution is 2.55. The summed E-state index contributed by atoms with van der Waals surface area (Å²) in [5, 5.41) is 10.4. The van der Waals surface area contributed by atoms with Gasteiger partial charge in [-0.05, 0) is 53.6 Å². The molecule has 0 bridgehead atoms. The molecule has 0 saturated carbocycles. The van der Waals surface area contributed by atoms with E-state index >= 15 is 0 Å². The fraction of sp³-hybridized carbons (Fsp3) is 0.148. The lowest BCUT2D eigenvalue weighted by atomic mass is 9.67. The smallest absolute Gasteiger partial charge is 0.241 e. The van der Waals surface area contributed by atoms with Gasteiger partial charge in [0.25, 0.3) is 0 Å². The van der Waals surface area contributed by atoms with Crippen LogP contribution in [-0.4, -0.2) is 23.8 Å². The van der Waals surface area contributed by atoms with Gasteiger partial charge >= 0.3 is 0 Å². The third-order valence-corrected chi connectivity index (χ3v) is 6.76. The molecule has 0 radical (unpaired) electrons. The van der Waals surface area contributed by atoms with Crippen LogP contribution in [0.4, 0.5) is 14.5 Å². The Morgan fingerprint density at radius 3 is 2.18 bits per heavy atom. The molecule has 168 valence electrons. The third-order valence-electron chi connectivity index (χ3n) is 6.76. The van der Waals surface area contributed by atoms with Gasteiger partial charge in [0, 0.05) is 17.2 Å². The zero-order valence-corrected chi connectivity index (χ0v) is 17.9. The van der Waals surface area contributed by atoms with Crippen molar-refractivity contribution in [2.24, 2.45) is 11.1 Å². The number of amides is 1. The van der Waals surface area contributed by atoms with E-state index in [1.165, 1.54) is 48.5 Å².